The Bertz CT molecular complexity index is 918. The summed E-state index contributed by atoms with van der Waals surface area (Å²) in [6, 6.07) is 12.3. The van der Waals surface area contributed by atoms with Crippen molar-refractivity contribution in [3.63, 3.8) is 0 Å². The molecule has 4 nitrogen and oxygen atoms in total. The summed E-state index contributed by atoms with van der Waals surface area (Å²) < 4.78 is 2.33. The van der Waals surface area contributed by atoms with Gasteiger partial charge in [-0.05, 0) is 55.3 Å². The quantitative estimate of drug-likeness (QED) is 0.644. The van der Waals surface area contributed by atoms with E-state index in [9.17, 15) is 4.79 Å². The first kappa shape index (κ1) is 17.0. The number of hydrogen-bond acceptors (Lipinski definition) is 3. The molecule has 1 aliphatic heterocycles. The Balaban J connectivity index is 1.36. The molecule has 1 saturated heterocycles. The zero-order chi connectivity index (χ0) is 17.9. The van der Waals surface area contributed by atoms with Gasteiger partial charge in [-0.2, -0.15) is 0 Å². The number of thiophene rings is 1. The number of benzene rings is 1. The summed E-state index contributed by atoms with van der Waals surface area (Å²) >= 11 is 1.65. The fraction of sp³-hybridized carbons (Fsp3) is 0.333. The van der Waals surface area contributed by atoms with Crippen molar-refractivity contribution in [2.75, 3.05) is 13.1 Å². The molecule has 1 amide bonds. The van der Waals surface area contributed by atoms with Crippen LogP contribution in [-0.4, -0.2) is 33.4 Å². The normalized spacial score (nSPS) is 16.0. The highest BCUT2D eigenvalue weighted by atomic mass is 32.1. The first-order chi connectivity index (χ1) is 12.7. The van der Waals surface area contributed by atoms with Crippen molar-refractivity contribution < 1.29 is 4.79 Å². The molecular weight excluding hydrogens is 342 g/mol. The van der Waals surface area contributed by atoms with Crippen molar-refractivity contribution in [3.8, 4) is 0 Å². The van der Waals surface area contributed by atoms with Gasteiger partial charge in [-0.15, -0.1) is 11.3 Å². The zero-order valence-corrected chi connectivity index (χ0v) is 15.8. The molecule has 0 bridgehead atoms. The van der Waals surface area contributed by atoms with Gasteiger partial charge >= 0.3 is 0 Å². The van der Waals surface area contributed by atoms with E-state index in [-0.39, 0.29) is 5.91 Å². The lowest BCUT2D eigenvalue weighted by Gasteiger charge is -2.31. The number of imidazole rings is 1. The van der Waals surface area contributed by atoms with Gasteiger partial charge in [-0.25, -0.2) is 4.98 Å². The fourth-order valence-electron chi connectivity index (χ4n) is 3.67. The Morgan fingerprint density at radius 1 is 1.23 bits per heavy atom. The molecule has 0 saturated carbocycles. The van der Waals surface area contributed by atoms with Gasteiger partial charge in [0, 0.05) is 30.6 Å². The van der Waals surface area contributed by atoms with E-state index >= 15 is 0 Å². The van der Waals surface area contributed by atoms with Crippen molar-refractivity contribution in [2.45, 2.75) is 26.3 Å². The van der Waals surface area contributed by atoms with Gasteiger partial charge in [0.05, 0.1) is 11.0 Å². The molecule has 0 radical (unpaired) electrons. The van der Waals surface area contributed by atoms with Gasteiger partial charge < -0.3 is 9.47 Å². The number of fused-ring (bicyclic) bond motifs is 1. The summed E-state index contributed by atoms with van der Waals surface area (Å²) in [6.45, 7) is 4.74. The van der Waals surface area contributed by atoms with E-state index in [2.05, 4.69) is 34.7 Å². The molecule has 0 spiro atoms. The lowest BCUT2D eigenvalue weighted by Crippen LogP contribution is -2.38. The first-order valence-electron chi connectivity index (χ1n) is 9.13. The van der Waals surface area contributed by atoms with E-state index in [4.69, 9.17) is 0 Å². The molecule has 0 N–H and O–H groups in total. The minimum Gasteiger partial charge on any atom is -0.339 e. The summed E-state index contributed by atoms with van der Waals surface area (Å²) in [4.78, 5) is 20.1. The lowest BCUT2D eigenvalue weighted by atomic mass is 9.96. The number of aryl methyl sites for hydroxylation is 1. The highest BCUT2D eigenvalue weighted by molar-refractivity contribution is 7.10. The number of carbonyl (C=O) groups is 1. The standard InChI is InChI=1S/C21H23N3OS/c1-16-22-19-6-2-3-7-20(19)24(16)15-17-10-12-23(13-11-17)21(25)9-8-18-5-4-14-26-18/h2-9,14,17H,10-13,15H2,1H3/b9-8+. The number of para-hydroxylation sites is 2. The van der Waals surface area contributed by atoms with Crippen LogP contribution in [0.3, 0.4) is 0 Å². The van der Waals surface area contributed by atoms with E-state index in [0.29, 0.717) is 5.92 Å². The van der Waals surface area contributed by atoms with E-state index in [1.165, 1.54) is 5.52 Å². The summed E-state index contributed by atoms with van der Waals surface area (Å²) in [5.74, 6) is 1.79. The minimum atomic E-state index is 0.126. The van der Waals surface area contributed by atoms with Crippen LogP contribution in [0.5, 0.6) is 0 Å². The molecule has 0 unspecified atom stereocenters. The molecule has 1 aromatic carbocycles. The number of piperidine rings is 1. The van der Waals surface area contributed by atoms with Gasteiger partial charge in [0.1, 0.15) is 5.82 Å². The molecule has 134 valence electrons. The maximum Gasteiger partial charge on any atom is 0.246 e. The van der Waals surface area contributed by atoms with Gasteiger partial charge in [-0.3, -0.25) is 4.79 Å². The van der Waals surface area contributed by atoms with E-state index in [1.54, 1.807) is 17.4 Å². The summed E-state index contributed by atoms with van der Waals surface area (Å²) in [7, 11) is 0. The molecule has 0 atom stereocenters. The number of nitrogens with zero attached hydrogens (tertiary/aromatic N) is 3. The van der Waals surface area contributed by atoms with Crippen molar-refractivity contribution in [1.82, 2.24) is 14.5 Å². The summed E-state index contributed by atoms with van der Waals surface area (Å²) in [5, 5.41) is 2.03. The van der Waals surface area contributed by atoms with E-state index in [0.717, 1.165) is 48.7 Å². The molecule has 3 aromatic rings. The maximum atomic E-state index is 12.4. The van der Waals surface area contributed by atoms with Crippen LogP contribution >= 0.6 is 11.3 Å². The number of amides is 1. The van der Waals surface area contributed by atoms with Gasteiger partial charge in [0.25, 0.3) is 0 Å². The Labute approximate surface area is 157 Å². The number of carbonyl (C=O) groups excluding carboxylic acids is 1. The van der Waals surface area contributed by atoms with E-state index in [1.807, 2.05) is 34.6 Å². The third-order valence-corrected chi connectivity index (χ3v) is 5.98. The highest BCUT2D eigenvalue weighted by Crippen LogP contribution is 2.23. The smallest absolute Gasteiger partial charge is 0.246 e. The second kappa shape index (κ2) is 7.46. The van der Waals surface area contributed by atoms with Crippen LogP contribution in [0.2, 0.25) is 0 Å². The average molecular weight is 366 g/mol. The molecule has 26 heavy (non-hydrogen) atoms. The second-order valence-electron chi connectivity index (χ2n) is 6.88. The minimum absolute atomic E-state index is 0.126. The summed E-state index contributed by atoms with van der Waals surface area (Å²) in [6.07, 6.45) is 5.72. The molecule has 5 heteroatoms. The Hall–Kier alpha value is -2.40. The molecule has 2 aromatic heterocycles. The highest BCUT2D eigenvalue weighted by Gasteiger charge is 2.23. The van der Waals surface area contributed by atoms with Gasteiger partial charge in [0.2, 0.25) is 5.91 Å². The predicted octanol–water partition coefficient (Wildman–Crippen LogP) is 4.36. The van der Waals surface area contributed by atoms with Crippen LogP contribution in [0.4, 0.5) is 0 Å². The molecule has 3 heterocycles. The zero-order valence-electron chi connectivity index (χ0n) is 15.0. The maximum absolute atomic E-state index is 12.4. The number of rotatable bonds is 4. The van der Waals surface area contributed by atoms with Crippen molar-refractivity contribution in [2.24, 2.45) is 5.92 Å². The SMILES string of the molecule is Cc1nc2ccccc2n1CC1CCN(C(=O)/C=C/c2cccs2)CC1. The van der Waals surface area contributed by atoms with E-state index < -0.39 is 0 Å². The van der Waals surface area contributed by atoms with Gasteiger partial charge in [0.15, 0.2) is 0 Å². The fourth-order valence-corrected chi connectivity index (χ4v) is 4.28. The first-order valence-corrected chi connectivity index (χ1v) is 10.0. The second-order valence-corrected chi connectivity index (χ2v) is 7.86. The average Bonchev–Trinajstić information content (AvgIpc) is 3.29. The topological polar surface area (TPSA) is 38.1 Å². The Kier molecular flexibility index (Phi) is 4.89. The Morgan fingerprint density at radius 2 is 2.04 bits per heavy atom. The molecule has 4 rings (SSSR count). The van der Waals surface area contributed by atoms with Crippen molar-refractivity contribution in [1.29, 1.82) is 0 Å². The lowest BCUT2D eigenvalue weighted by molar-refractivity contribution is -0.127. The number of likely N-dealkylation sites (tertiary alicyclic amines) is 1. The van der Waals surface area contributed by atoms with Crippen LogP contribution in [0.1, 0.15) is 23.5 Å². The van der Waals surface area contributed by atoms with Crippen LogP contribution in [0, 0.1) is 12.8 Å². The van der Waals surface area contributed by atoms with Crippen LogP contribution in [0.25, 0.3) is 17.1 Å². The van der Waals surface area contributed by atoms with Crippen molar-refractivity contribution in [3.05, 3.63) is 58.6 Å². The molecule has 1 fully saturated rings. The third-order valence-electron chi connectivity index (χ3n) is 5.15. The molecule has 0 aliphatic carbocycles. The number of aromatic nitrogens is 2. The largest absolute Gasteiger partial charge is 0.339 e. The molecular formula is C21H23N3OS. The van der Waals surface area contributed by atoms with Crippen LogP contribution < -0.4 is 0 Å². The molecule has 1 aliphatic rings. The van der Waals surface area contributed by atoms with Crippen molar-refractivity contribution >= 4 is 34.4 Å². The predicted molar refractivity (Wildman–Crippen MR) is 107 cm³/mol. The van der Waals surface area contributed by atoms with Crippen LogP contribution in [0.15, 0.2) is 47.9 Å². The van der Waals surface area contributed by atoms with Crippen LogP contribution in [-0.2, 0) is 11.3 Å². The van der Waals surface area contributed by atoms with Gasteiger partial charge in [-0.1, -0.05) is 18.2 Å². The monoisotopic (exact) mass is 365 g/mol. The summed E-state index contributed by atoms with van der Waals surface area (Å²) in [5.41, 5.74) is 2.28. The third kappa shape index (κ3) is 3.58. The Morgan fingerprint density at radius 3 is 2.81 bits per heavy atom. The number of hydrogen-bond donors (Lipinski definition) is 0.